The normalized spacial score (nSPS) is 17.6. The molecule has 1 heterocycles. The van der Waals surface area contributed by atoms with Gasteiger partial charge in [0.1, 0.15) is 11.9 Å². The highest BCUT2D eigenvalue weighted by atomic mass is 32.2. The Bertz CT molecular complexity index is 761. The molecule has 0 saturated carbocycles. The summed E-state index contributed by atoms with van der Waals surface area (Å²) in [7, 11) is 0. The fraction of sp³-hybridized carbons (Fsp3) is 0.364. The molecule has 0 spiro atoms. The fourth-order valence-corrected chi connectivity index (χ4v) is 4.01. The van der Waals surface area contributed by atoms with E-state index in [4.69, 9.17) is 4.74 Å². The second-order valence-electron chi connectivity index (χ2n) is 6.80. The van der Waals surface area contributed by atoms with Gasteiger partial charge >= 0.3 is 0 Å². The predicted octanol–water partition coefficient (Wildman–Crippen LogP) is 5.28. The van der Waals surface area contributed by atoms with E-state index in [1.807, 2.05) is 30.3 Å². The number of hydrogen-bond donors (Lipinski definition) is 1. The van der Waals surface area contributed by atoms with Crippen molar-refractivity contribution >= 4 is 22.9 Å². The van der Waals surface area contributed by atoms with Crippen LogP contribution in [-0.4, -0.2) is 16.4 Å². The maximum atomic E-state index is 11.5. The highest BCUT2D eigenvalue weighted by Gasteiger charge is 2.30. The lowest BCUT2D eigenvalue weighted by molar-refractivity contribution is -0.119. The Labute approximate surface area is 164 Å². The van der Waals surface area contributed by atoms with Crippen LogP contribution in [0.4, 0.5) is 4.79 Å². The third kappa shape index (κ3) is 5.86. The first-order valence-corrected chi connectivity index (χ1v) is 10.3. The van der Waals surface area contributed by atoms with Gasteiger partial charge in [0, 0.05) is 0 Å². The number of imide groups is 1. The van der Waals surface area contributed by atoms with Crippen LogP contribution in [0.5, 0.6) is 5.75 Å². The zero-order chi connectivity index (χ0) is 19.1. The molecule has 3 rings (SSSR count). The van der Waals surface area contributed by atoms with Gasteiger partial charge in [-0.25, -0.2) is 0 Å². The lowest BCUT2D eigenvalue weighted by atomic mass is 10.0. The summed E-state index contributed by atoms with van der Waals surface area (Å²) in [5, 5.41) is 1.93. The summed E-state index contributed by atoms with van der Waals surface area (Å²) < 4.78 is 5.96. The Morgan fingerprint density at radius 2 is 1.74 bits per heavy atom. The largest absolute Gasteiger partial charge is 0.486 e. The zero-order valence-electron chi connectivity index (χ0n) is 15.5. The maximum Gasteiger partial charge on any atom is 0.286 e. The molecule has 142 valence electrons. The molecule has 1 saturated heterocycles. The first kappa shape index (κ1) is 19.5. The van der Waals surface area contributed by atoms with Crippen molar-refractivity contribution < 1.29 is 14.3 Å². The van der Waals surface area contributed by atoms with Crippen molar-refractivity contribution in [3.8, 4) is 5.75 Å². The van der Waals surface area contributed by atoms with Gasteiger partial charge in [-0.15, -0.1) is 0 Å². The van der Waals surface area contributed by atoms with Gasteiger partial charge in [0.05, 0.1) is 5.25 Å². The number of amides is 2. The van der Waals surface area contributed by atoms with Crippen LogP contribution in [0.15, 0.2) is 54.6 Å². The summed E-state index contributed by atoms with van der Waals surface area (Å²) >= 11 is 1.12. The smallest absolute Gasteiger partial charge is 0.286 e. The average Bonchev–Trinajstić information content (AvgIpc) is 3.00. The first-order chi connectivity index (χ1) is 13.1. The van der Waals surface area contributed by atoms with Gasteiger partial charge in [-0.05, 0) is 49.4 Å². The van der Waals surface area contributed by atoms with Crippen molar-refractivity contribution in [1.82, 2.24) is 5.32 Å². The Morgan fingerprint density at radius 3 is 2.41 bits per heavy atom. The van der Waals surface area contributed by atoms with Gasteiger partial charge in [0.25, 0.3) is 5.24 Å². The molecule has 1 aliphatic rings. The van der Waals surface area contributed by atoms with Gasteiger partial charge in [0.2, 0.25) is 5.91 Å². The Balaban J connectivity index is 1.37. The number of carbonyl (C=O) groups excluding carboxylic acids is 2. The number of carbonyl (C=O) groups is 2. The number of unbranched alkanes of at least 4 members (excludes halogenated alkanes) is 2. The summed E-state index contributed by atoms with van der Waals surface area (Å²) in [4.78, 5) is 22.6. The molecule has 2 aromatic carbocycles. The number of ether oxygens (including phenoxy) is 1. The summed E-state index contributed by atoms with van der Waals surface area (Å²) in [5.74, 6) is 0.748. The number of thioether (sulfide) groups is 1. The van der Waals surface area contributed by atoms with Crippen LogP contribution in [0.25, 0.3) is 0 Å². The Kier molecular flexibility index (Phi) is 6.93. The number of hydrogen-bond acceptors (Lipinski definition) is 4. The molecule has 2 aromatic rings. The molecule has 2 amide bonds. The molecule has 2 unspecified atom stereocenters. The summed E-state index contributed by atoms with van der Waals surface area (Å²) in [6.45, 7) is 2.06. The quantitative estimate of drug-likeness (QED) is 0.599. The monoisotopic (exact) mass is 383 g/mol. The standard InChI is InChI=1S/C22H25NO3S/c1-16(26-19-9-5-3-6-10-19)18-14-12-17(13-15-18)8-4-2-7-11-20-21(24)23-22(25)27-20/h3,5-6,9-10,12-16,20H,2,4,7-8,11H2,1H3,(H,23,24,25). The van der Waals surface area contributed by atoms with Crippen molar-refractivity contribution in [3.63, 3.8) is 0 Å². The van der Waals surface area contributed by atoms with E-state index in [1.165, 1.54) is 5.56 Å². The summed E-state index contributed by atoms with van der Waals surface area (Å²) in [6.07, 6.45) is 4.93. The van der Waals surface area contributed by atoms with E-state index in [2.05, 4.69) is 36.5 Å². The Hall–Kier alpha value is -2.27. The fourth-order valence-electron chi connectivity index (χ4n) is 3.15. The van der Waals surface area contributed by atoms with Crippen molar-refractivity contribution in [3.05, 3.63) is 65.7 Å². The molecule has 0 bridgehead atoms. The minimum Gasteiger partial charge on any atom is -0.486 e. The van der Waals surface area contributed by atoms with E-state index in [-0.39, 0.29) is 22.5 Å². The number of nitrogens with one attached hydrogen (secondary N) is 1. The van der Waals surface area contributed by atoms with E-state index in [0.29, 0.717) is 0 Å². The average molecular weight is 384 g/mol. The topological polar surface area (TPSA) is 55.4 Å². The summed E-state index contributed by atoms with van der Waals surface area (Å²) in [6, 6.07) is 18.5. The van der Waals surface area contributed by atoms with Crippen LogP contribution in [0.1, 0.15) is 49.8 Å². The molecular weight excluding hydrogens is 358 g/mol. The molecule has 0 radical (unpaired) electrons. The van der Waals surface area contributed by atoms with E-state index in [9.17, 15) is 9.59 Å². The molecule has 4 nitrogen and oxygen atoms in total. The SMILES string of the molecule is CC(Oc1ccccc1)c1ccc(CCCCCC2SC(=O)NC2=O)cc1. The zero-order valence-corrected chi connectivity index (χ0v) is 16.3. The second kappa shape index (κ2) is 9.60. The number of rotatable bonds is 9. The number of para-hydroxylation sites is 1. The minimum atomic E-state index is -0.212. The molecular formula is C22H25NO3S. The van der Waals surface area contributed by atoms with Crippen LogP contribution in [0.3, 0.4) is 0 Å². The van der Waals surface area contributed by atoms with Crippen LogP contribution >= 0.6 is 11.8 Å². The van der Waals surface area contributed by atoms with Gasteiger partial charge in [-0.3, -0.25) is 14.9 Å². The highest BCUT2D eigenvalue weighted by molar-refractivity contribution is 8.15. The van der Waals surface area contributed by atoms with Crippen molar-refractivity contribution in [2.24, 2.45) is 0 Å². The molecule has 0 aliphatic carbocycles. The predicted molar refractivity (Wildman–Crippen MR) is 109 cm³/mol. The van der Waals surface area contributed by atoms with Crippen LogP contribution in [0.2, 0.25) is 0 Å². The summed E-state index contributed by atoms with van der Waals surface area (Å²) in [5.41, 5.74) is 2.48. The van der Waals surface area contributed by atoms with E-state index in [0.717, 1.165) is 55.2 Å². The van der Waals surface area contributed by atoms with Crippen LogP contribution in [-0.2, 0) is 11.2 Å². The molecule has 5 heteroatoms. The van der Waals surface area contributed by atoms with Crippen molar-refractivity contribution in [2.45, 2.75) is 50.4 Å². The number of aryl methyl sites for hydroxylation is 1. The van der Waals surface area contributed by atoms with Crippen LogP contribution < -0.4 is 10.1 Å². The third-order valence-electron chi connectivity index (χ3n) is 4.70. The highest BCUT2D eigenvalue weighted by Crippen LogP contribution is 2.25. The van der Waals surface area contributed by atoms with E-state index >= 15 is 0 Å². The molecule has 0 aromatic heterocycles. The van der Waals surface area contributed by atoms with Crippen molar-refractivity contribution in [2.75, 3.05) is 0 Å². The molecule has 2 atom stereocenters. The number of benzene rings is 2. The molecule has 1 fully saturated rings. The van der Waals surface area contributed by atoms with Gasteiger partial charge in [-0.2, -0.15) is 0 Å². The minimum absolute atomic E-state index is 0.0132. The van der Waals surface area contributed by atoms with E-state index < -0.39 is 0 Å². The third-order valence-corrected chi connectivity index (χ3v) is 5.75. The molecule has 27 heavy (non-hydrogen) atoms. The van der Waals surface area contributed by atoms with Gasteiger partial charge in [0.15, 0.2) is 0 Å². The molecule has 1 aliphatic heterocycles. The first-order valence-electron chi connectivity index (χ1n) is 9.44. The van der Waals surface area contributed by atoms with E-state index in [1.54, 1.807) is 0 Å². The lowest BCUT2D eigenvalue weighted by Gasteiger charge is -2.15. The van der Waals surface area contributed by atoms with Gasteiger partial charge < -0.3 is 4.74 Å². The van der Waals surface area contributed by atoms with Gasteiger partial charge in [-0.1, -0.05) is 67.1 Å². The maximum absolute atomic E-state index is 11.5. The molecule has 1 N–H and O–H groups in total. The van der Waals surface area contributed by atoms with Crippen LogP contribution in [0, 0.1) is 0 Å². The Morgan fingerprint density at radius 1 is 1.00 bits per heavy atom. The second-order valence-corrected chi connectivity index (χ2v) is 7.97. The van der Waals surface area contributed by atoms with Crippen molar-refractivity contribution in [1.29, 1.82) is 0 Å². The lowest BCUT2D eigenvalue weighted by Crippen LogP contribution is -2.24.